The number of nitrogens with one attached hydrogen (secondary N) is 3. The molecule has 4 bridgehead atoms. The molecule has 0 fully saturated rings. The fourth-order valence-corrected chi connectivity index (χ4v) is 4.86. The number of halogens is 2. The molecule has 0 saturated heterocycles. The van der Waals surface area contributed by atoms with Gasteiger partial charge in [-0.05, 0) is 35.9 Å². The van der Waals surface area contributed by atoms with Gasteiger partial charge in [-0.1, -0.05) is 0 Å². The van der Waals surface area contributed by atoms with Crippen LogP contribution in [0.2, 0.25) is 0 Å². The number of ether oxygens (including phenoxy) is 2. The van der Waals surface area contributed by atoms with E-state index >= 15 is 0 Å². The number of hydrogen-bond acceptors (Lipinski definition) is 10. The van der Waals surface area contributed by atoms with Gasteiger partial charge in [0, 0.05) is 91.7 Å². The summed E-state index contributed by atoms with van der Waals surface area (Å²) in [6, 6.07) is 8.27. The highest BCUT2D eigenvalue weighted by atomic mass is 32.2. The number of aldehydes is 1. The van der Waals surface area contributed by atoms with Crippen LogP contribution < -0.4 is 31.2 Å². The van der Waals surface area contributed by atoms with Crippen molar-refractivity contribution in [2.24, 2.45) is 5.73 Å². The van der Waals surface area contributed by atoms with E-state index < -0.39 is 28.5 Å². The number of likely N-dealkylation sites (N-methyl/N-ethyl adjacent to an activating group) is 1. The van der Waals surface area contributed by atoms with Crippen LogP contribution >= 0.6 is 0 Å². The number of urea groups is 1. The molecule has 5 N–H and O–H groups in total. The Morgan fingerprint density at radius 1 is 1.06 bits per heavy atom. The Labute approximate surface area is 283 Å². The number of primary amides is 1. The summed E-state index contributed by atoms with van der Waals surface area (Å²) in [6.07, 6.45) is 6.09. The number of rotatable bonds is 10. The Morgan fingerprint density at radius 3 is 2.57 bits per heavy atom. The van der Waals surface area contributed by atoms with Gasteiger partial charge in [0.1, 0.15) is 35.3 Å². The standard InChI is InChI=1S/C21H19F2N3O3S.C11H18N4O4/c1-30(27)12-13-7-20-25-19-10-16(17(23)11-24-19)15-4-3-14(22)9-18(15)28-5-2-6-29-21(8-13)26-20;1-15(10(18)3-2-8-16)7-6-13-9(17)4-5-14-11(12)19/h3-4,7-11H,2,5-6,12H2,1H3,(H,24,25,26);2-3,8H,4-7H2,1H3,(H,13,17)(H3,12,14,19)/b;3-2-. The molecule has 1 aliphatic rings. The monoisotopic (exact) mass is 701 g/mol. The van der Waals surface area contributed by atoms with E-state index in [1.165, 1.54) is 29.2 Å². The number of allylic oxidation sites excluding steroid dienone is 1. The van der Waals surface area contributed by atoms with E-state index in [-0.39, 0.29) is 49.2 Å². The predicted molar refractivity (Wildman–Crippen MR) is 179 cm³/mol. The first-order valence-corrected chi connectivity index (χ1v) is 16.6. The molecule has 2 aromatic heterocycles. The predicted octanol–water partition coefficient (Wildman–Crippen LogP) is 2.58. The molecule has 262 valence electrons. The topological polar surface area (TPSA) is 195 Å². The van der Waals surface area contributed by atoms with Gasteiger partial charge in [0.05, 0.1) is 19.4 Å². The van der Waals surface area contributed by atoms with E-state index in [1.54, 1.807) is 25.4 Å². The quantitative estimate of drug-likeness (QED) is 0.180. The van der Waals surface area contributed by atoms with Gasteiger partial charge >= 0.3 is 6.03 Å². The highest BCUT2D eigenvalue weighted by Crippen LogP contribution is 2.34. The van der Waals surface area contributed by atoms with Crippen molar-refractivity contribution in [1.82, 2.24) is 25.5 Å². The Hall–Kier alpha value is -5.45. The first-order chi connectivity index (χ1) is 23.4. The van der Waals surface area contributed by atoms with Crippen molar-refractivity contribution in [1.29, 1.82) is 0 Å². The number of amides is 4. The number of pyridine rings is 2. The Balaban J connectivity index is 0.000000298. The van der Waals surface area contributed by atoms with Gasteiger partial charge in [0.25, 0.3) is 0 Å². The third-order valence-electron chi connectivity index (χ3n) is 6.49. The Morgan fingerprint density at radius 2 is 1.84 bits per heavy atom. The second kappa shape index (κ2) is 19.4. The zero-order valence-corrected chi connectivity index (χ0v) is 27.7. The van der Waals surface area contributed by atoms with Crippen LogP contribution in [0.3, 0.4) is 0 Å². The zero-order valence-electron chi connectivity index (χ0n) is 26.9. The summed E-state index contributed by atoms with van der Waals surface area (Å²) in [7, 11) is 0.514. The molecule has 3 aromatic rings. The van der Waals surface area contributed by atoms with Crippen molar-refractivity contribution in [2.45, 2.75) is 18.6 Å². The maximum atomic E-state index is 14.6. The highest BCUT2D eigenvalue weighted by molar-refractivity contribution is 7.83. The number of hydrogen-bond donors (Lipinski definition) is 4. The van der Waals surface area contributed by atoms with Crippen LogP contribution in [0.15, 0.2) is 54.7 Å². The summed E-state index contributed by atoms with van der Waals surface area (Å²) >= 11 is 0. The van der Waals surface area contributed by atoms with Crippen molar-refractivity contribution in [3.05, 3.63) is 71.9 Å². The second-order valence-corrected chi connectivity index (χ2v) is 11.9. The summed E-state index contributed by atoms with van der Waals surface area (Å²) in [6.45, 7) is 1.33. The molecule has 1 aliphatic heterocycles. The summed E-state index contributed by atoms with van der Waals surface area (Å²) in [4.78, 5) is 52.8. The zero-order chi connectivity index (χ0) is 35.8. The first-order valence-electron chi connectivity index (χ1n) is 14.9. The number of nitrogens with two attached hydrogens (primary N) is 1. The maximum Gasteiger partial charge on any atom is 0.312 e. The van der Waals surface area contributed by atoms with Gasteiger partial charge < -0.3 is 36.1 Å². The van der Waals surface area contributed by atoms with Crippen LogP contribution in [0.4, 0.5) is 25.2 Å². The SMILES string of the molecule is CN(CCNC(=O)CCNC(N)=O)C(=O)/C=C\C=O.CS(=O)Cc1cc2nc(c1)OCCCOc1cc(F)ccc1-c1cc(ncc1F)N2. The van der Waals surface area contributed by atoms with Crippen LogP contribution in [-0.4, -0.2) is 89.4 Å². The van der Waals surface area contributed by atoms with Crippen LogP contribution in [0.1, 0.15) is 18.4 Å². The van der Waals surface area contributed by atoms with E-state index in [0.29, 0.717) is 54.7 Å². The van der Waals surface area contributed by atoms with Crippen molar-refractivity contribution in [3.8, 4) is 22.8 Å². The van der Waals surface area contributed by atoms with Crippen LogP contribution in [0.25, 0.3) is 11.1 Å². The molecule has 49 heavy (non-hydrogen) atoms. The van der Waals surface area contributed by atoms with E-state index in [2.05, 4.69) is 25.9 Å². The summed E-state index contributed by atoms with van der Waals surface area (Å²) in [5.41, 5.74) is 6.26. The van der Waals surface area contributed by atoms with Crippen molar-refractivity contribution >= 4 is 46.6 Å². The van der Waals surface area contributed by atoms with Gasteiger partial charge in [-0.15, -0.1) is 0 Å². The molecule has 0 aliphatic carbocycles. The summed E-state index contributed by atoms with van der Waals surface area (Å²) in [5, 5.41) is 7.91. The summed E-state index contributed by atoms with van der Waals surface area (Å²) in [5.74, 6) is 0.124. The molecule has 1 aromatic carbocycles. The molecule has 1 unspecified atom stereocenters. The highest BCUT2D eigenvalue weighted by Gasteiger charge is 2.16. The maximum absolute atomic E-state index is 14.6. The third kappa shape index (κ3) is 13.3. The van der Waals surface area contributed by atoms with Crippen molar-refractivity contribution < 1.29 is 41.6 Å². The van der Waals surface area contributed by atoms with Gasteiger partial charge in [0.15, 0.2) is 0 Å². The number of benzene rings is 1. The lowest BCUT2D eigenvalue weighted by Crippen LogP contribution is -2.37. The minimum absolute atomic E-state index is 0.117. The molecule has 0 radical (unpaired) electrons. The fourth-order valence-electron chi connectivity index (χ4n) is 4.23. The third-order valence-corrected chi connectivity index (χ3v) is 7.23. The minimum atomic E-state index is -1.04. The number of nitrogens with zero attached hydrogens (tertiary/aromatic N) is 3. The van der Waals surface area contributed by atoms with Gasteiger partial charge in [0.2, 0.25) is 17.7 Å². The number of carbonyl (C=O) groups excluding carboxylic acids is 4. The molecule has 0 saturated carbocycles. The normalized spacial score (nSPS) is 12.7. The molecule has 4 amide bonds. The summed E-state index contributed by atoms with van der Waals surface area (Å²) < 4.78 is 51.4. The van der Waals surface area contributed by atoms with E-state index in [4.69, 9.17) is 15.2 Å². The van der Waals surface area contributed by atoms with E-state index in [1.807, 2.05) is 0 Å². The Kier molecular flexibility index (Phi) is 15.0. The molecule has 3 heterocycles. The molecule has 4 rings (SSSR count). The average molecular weight is 702 g/mol. The largest absolute Gasteiger partial charge is 0.493 e. The molecule has 14 nitrogen and oxygen atoms in total. The van der Waals surface area contributed by atoms with Crippen LogP contribution in [0, 0.1) is 11.6 Å². The van der Waals surface area contributed by atoms with Gasteiger partial charge in [-0.25, -0.2) is 18.6 Å². The van der Waals surface area contributed by atoms with Gasteiger partial charge in [-0.3, -0.25) is 18.6 Å². The Bertz CT molecular complexity index is 1690. The lowest BCUT2D eigenvalue weighted by molar-refractivity contribution is -0.126. The minimum Gasteiger partial charge on any atom is -0.493 e. The van der Waals surface area contributed by atoms with Crippen LogP contribution in [0.5, 0.6) is 11.6 Å². The molecular formula is C32H37F2N7O7S. The second-order valence-electron chi connectivity index (χ2n) is 10.4. The number of fused-ring (bicyclic) bond motifs is 6. The van der Waals surface area contributed by atoms with Crippen molar-refractivity contribution in [3.63, 3.8) is 0 Å². The fraction of sp³-hybridized carbons (Fsp3) is 0.312. The first kappa shape index (κ1) is 38.0. The number of anilines is 2. The molecule has 1 atom stereocenters. The molecular weight excluding hydrogens is 664 g/mol. The van der Waals surface area contributed by atoms with E-state index in [0.717, 1.165) is 23.9 Å². The molecule has 0 spiro atoms. The van der Waals surface area contributed by atoms with E-state index in [9.17, 15) is 32.2 Å². The average Bonchev–Trinajstić information content (AvgIpc) is 3.04. The number of carbonyl (C=O) groups is 4. The molecule has 17 heteroatoms. The van der Waals surface area contributed by atoms with Crippen molar-refractivity contribution in [2.75, 3.05) is 51.5 Å². The van der Waals surface area contributed by atoms with Crippen LogP contribution in [-0.2, 0) is 30.9 Å². The lowest BCUT2D eigenvalue weighted by Gasteiger charge is -2.16. The number of aromatic nitrogens is 2. The van der Waals surface area contributed by atoms with Gasteiger partial charge in [-0.2, -0.15) is 4.98 Å². The lowest BCUT2D eigenvalue weighted by atomic mass is 10.0. The smallest absolute Gasteiger partial charge is 0.312 e.